The zero-order chi connectivity index (χ0) is 17.4. The molecule has 6 heteroatoms. The molecule has 2 heterocycles. The van der Waals surface area contributed by atoms with Crippen molar-refractivity contribution in [3.8, 4) is 11.5 Å². The molecular weight excluding hydrogens is 320 g/mol. The summed E-state index contributed by atoms with van der Waals surface area (Å²) in [5, 5.41) is 2.88. The number of hydrogen-bond acceptors (Lipinski definition) is 4. The monoisotopic (exact) mass is 338 g/mol. The van der Waals surface area contributed by atoms with Gasteiger partial charge >= 0.3 is 0 Å². The lowest BCUT2D eigenvalue weighted by atomic mass is 10.1. The van der Waals surface area contributed by atoms with E-state index in [1.807, 2.05) is 36.4 Å². The number of amides is 2. The van der Waals surface area contributed by atoms with Crippen molar-refractivity contribution in [1.82, 2.24) is 10.2 Å². The molecule has 0 aromatic heterocycles. The molecule has 0 radical (unpaired) electrons. The lowest BCUT2D eigenvalue weighted by molar-refractivity contribution is -0.125. The van der Waals surface area contributed by atoms with E-state index in [2.05, 4.69) is 5.32 Å². The molecule has 1 atom stereocenters. The van der Waals surface area contributed by atoms with E-state index in [4.69, 9.17) is 9.47 Å². The first kappa shape index (κ1) is 15.5. The van der Waals surface area contributed by atoms with Gasteiger partial charge in [-0.15, -0.1) is 0 Å². The maximum atomic E-state index is 12.5. The molecule has 0 unspecified atom stereocenters. The average Bonchev–Trinajstić information content (AvgIpc) is 3.23. The molecule has 6 nitrogen and oxygen atoms in total. The standard InChI is InChI=1S/C19H18N2O4/c1-12(21-10-14-4-2-3-5-15(14)19(21)23)18(22)20-9-13-6-7-16-17(8-13)25-11-24-16/h2-8,12H,9-11H2,1H3,(H,20,22)/t12-/m1/s1. The van der Waals surface area contributed by atoms with Crippen molar-refractivity contribution < 1.29 is 19.1 Å². The van der Waals surface area contributed by atoms with Gasteiger partial charge in [0.25, 0.3) is 5.91 Å². The molecule has 2 aliphatic rings. The number of rotatable bonds is 4. The lowest BCUT2D eigenvalue weighted by Crippen LogP contribution is -2.45. The topological polar surface area (TPSA) is 67.9 Å². The van der Waals surface area contributed by atoms with Crippen LogP contribution < -0.4 is 14.8 Å². The first-order chi connectivity index (χ1) is 12.1. The van der Waals surface area contributed by atoms with Crippen LogP contribution >= 0.6 is 0 Å². The van der Waals surface area contributed by atoms with Gasteiger partial charge in [-0.2, -0.15) is 0 Å². The molecule has 2 aromatic rings. The predicted octanol–water partition coefficient (Wildman–Crippen LogP) is 2.08. The van der Waals surface area contributed by atoms with Gasteiger partial charge in [0, 0.05) is 18.7 Å². The highest BCUT2D eigenvalue weighted by molar-refractivity contribution is 6.01. The highest BCUT2D eigenvalue weighted by atomic mass is 16.7. The van der Waals surface area contributed by atoms with Crippen LogP contribution in [0.15, 0.2) is 42.5 Å². The Morgan fingerprint density at radius 1 is 1.20 bits per heavy atom. The van der Waals surface area contributed by atoms with E-state index in [-0.39, 0.29) is 18.6 Å². The molecule has 0 bridgehead atoms. The first-order valence-corrected chi connectivity index (χ1v) is 8.18. The summed E-state index contributed by atoms with van der Waals surface area (Å²) in [7, 11) is 0. The Kier molecular flexibility index (Phi) is 3.80. The van der Waals surface area contributed by atoms with Crippen molar-refractivity contribution >= 4 is 11.8 Å². The number of carbonyl (C=O) groups excluding carboxylic acids is 2. The zero-order valence-corrected chi connectivity index (χ0v) is 13.8. The molecule has 0 saturated heterocycles. The summed E-state index contributed by atoms with van der Waals surface area (Å²) in [6.07, 6.45) is 0. The van der Waals surface area contributed by atoms with E-state index in [1.54, 1.807) is 17.9 Å². The van der Waals surface area contributed by atoms with Crippen LogP contribution in [-0.2, 0) is 17.9 Å². The van der Waals surface area contributed by atoms with Gasteiger partial charge in [-0.3, -0.25) is 9.59 Å². The largest absolute Gasteiger partial charge is 0.454 e. The number of benzene rings is 2. The fourth-order valence-corrected chi connectivity index (χ4v) is 3.12. The van der Waals surface area contributed by atoms with E-state index in [0.29, 0.717) is 30.2 Å². The molecule has 1 N–H and O–H groups in total. The second kappa shape index (κ2) is 6.12. The van der Waals surface area contributed by atoms with Gasteiger partial charge in [0.15, 0.2) is 11.5 Å². The maximum absolute atomic E-state index is 12.5. The van der Waals surface area contributed by atoms with E-state index in [1.165, 1.54) is 0 Å². The summed E-state index contributed by atoms with van der Waals surface area (Å²) in [6, 6.07) is 12.5. The van der Waals surface area contributed by atoms with Gasteiger partial charge in [0.1, 0.15) is 6.04 Å². The third-order valence-electron chi connectivity index (χ3n) is 4.60. The first-order valence-electron chi connectivity index (χ1n) is 8.18. The number of nitrogens with zero attached hydrogens (tertiary/aromatic N) is 1. The third kappa shape index (κ3) is 2.80. The number of carbonyl (C=O) groups is 2. The Bertz CT molecular complexity index is 849. The summed E-state index contributed by atoms with van der Waals surface area (Å²) in [4.78, 5) is 26.5. The van der Waals surface area contributed by atoms with Crippen LogP contribution in [0.25, 0.3) is 0 Å². The van der Waals surface area contributed by atoms with Gasteiger partial charge in [-0.25, -0.2) is 0 Å². The SMILES string of the molecule is C[C@H](C(=O)NCc1ccc2c(c1)OCO2)N1Cc2ccccc2C1=O. The summed E-state index contributed by atoms with van der Waals surface area (Å²) in [5.41, 5.74) is 2.56. The molecule has 2 aromatic carbocycles. The quantitative estimate of drug-likeness (QED) is 0.927. The summed E-state index contributed by atoms with van der Waals surface area (Å²) in [6.45, 7) is 2.81. The van der Waals surface area contributed by atoms with E-state index < -0.39 is 6.04 Å². The van der Waals surface area contributed by atoms with Crippen molar-refractivity contribution in [1.29, 1.82) is 0 Å². The molecule has 2 aliphatic heterocycles. The molecule has 25 heavy (non-hydrogen) atoms. The zero-order valence-electron chi connectivity index (χ0n) is 13.8. The minimum absolute atomic E-state index is 0.0960. The van der Waals surface area contributed by atoms with Crippen molar-refractivity contribution in [2.24, 2.45) is 0 Å². The third-order valence-corrected chi connectivity index (χ3v) is 4.60. The normalized spacial score (nSPS) is 15.9. The van der Waals surface area contributed by atoms with Crippen molar-refractivity contribution in [3.63, 3.8) is 0 Å². The fraction of sp³-hybridized carbons (Fsp3) is 0.263. The maximum Gasteiger partial charge on any atom is 0.255 e. The van der Waals surface area contributed by atoms with Gasteiger partial charge in [-0.1, -0.05) is 24.3 Å². The van der Waals surface area contributed by atoms with Crippen molar-refractivity contribution in [3.05, 3.63) is 59.2 Å². The second-order valence-corrected chi connectivity index (χ2v) is 6.17. The fourth-order valence-electron chi connectivity index (χ4n) is 3.12. The van der Waals surface area contributed by atoms with Crippen LogP contribution in [0, 0.1) is 0 Å². The number of fused-ring (bicyclic) bond motifs is 2. The Morgan fingerprint density at radius 3 is 2.84 bits per heavy atom. The van der Waals surface area contributed by atoms with Crippen LogP contribution in [-0.4, -0.2) is 29.5 Å². The van der Waals surface area contributed by atoms with Crippen LogP contribution in [0.3, 0.4) is 0 Å². The van der Waals surface area contributed by atoms with Crippen molar-refractivity contribution in [2.45, 2.75) is 26.1 Å². The molecule has 0 spiro atoms. The van der Waals surface area contributed by atoms with Crippen LogP contribution in [0.1, 0.15) is 28.4 Å². The molecule has 0 aliphatic carbocycles. The van der Waals surface area contributed by atoms with E-state index in [9.17, 15) is 9.59 Å². The van der Waals surface area contributed by atoms with E-state index >= 15 is 0 Å². The van der Waals surface area contributed by atoms with Gasteiger partial charge in [-0.05, 0) is 36.2 Å². The van der Waals surface area contributed by atoms with Crippen molar-refractivity contribution in [2.75, 3.05) is 6.79 Å². The molecule has 4 rings (SSSR count). The van der Waals surface area contributed by atoms with Crippen LogP contribution in [0.2, 0.25) is 0 Å². The Hall–Kier alpha value is -3.02. The Morgan fingerprint density at radius 2 is 2.00 bits per heavy atom. The van der Waals surface area contributed by atoms with Gasteiger partial charge < -0.3 is 19.7 Å². The van der Waals surface area contributed by atoms with E-state index in [0.717, 1.165) is 11.1 Å². The Labute approximate surface area is 145 Å². The predicted molar refractivity (Wildman–Crippen MR) is 90.2 cm³/mol. The van der Waals surface area contributed by atoms with Gasteiger partial charge in [0.2, 0.25) is 12.7 Å². The summed E-state index contributed by atoms with van der Waals surface area (Å²) < 4.78 is 10.6. The lowest BCUT2D eigenvalue weighted by Gasteiger charge is -2.23. The van der Waals surface area contributed by atoms with Crippen LogP contribution in [0.4, 0.5) is 0 Å². The minimum atomic E-state index is -0.533. The number of hydrogen-bond donors (Lipinski definition) is 1. The molecule has 0 saturated carbocycles. The second-order valence-electron chi connectivity index (χ2n) is 6.17. The Balaban J connectivity index is 1.39. The number of ether oxygens (including phenoxy) is 2. The molecule has 0 fully saturated rings. The molecular formula is C19H18N2O4. The summed E-state index contributed by atoms with van der Waals surface area (Å²) in [5.74, 6) is 1.12. The smallest absolute Gasteiger partial charge is 0.255 e. The van der Waals surface area contributed by atoms with Crippen LogP contribution in [0.5, 0.6) is 11.5 Å². The average molecular weight is 338 g/mol. The molecule has 128 valence electrons. The van der Waals surface area contributed by atoms with Gasteiger partial charge in [0.05, 0.1) is 0 Å². The number of nitrogens with one attached hydrogen (secondary N) is 1. The highest BCUT2D eigenvalue weighted by Gasteiger charge is 2.33. The molecule has 2 amide bonds. The minimum Gasteiger partial charge on any atom is -0.454 e. The summed E-state index contributed by atoms with van der Waals surface area (Å²) >= 11 is 0. The highest BCUT2D eigenvalue weighted by Crippen LogP contribution is 2.32.